The zero-order valence-corrected chi connectivity index (χ0v) is 17.9. The maximum Gasteiger partial charge on any atom is 0.206 e. The highest BCUT2D eigenvalue weighted by Crippen LogP contribution is 2.30. The molecule has 0 amide bonds. The number of aromatic hydroxyl groups is 1. The number of nitrogen functional groups attached to an aromatic ring is 1. The van der Waals surface area contributed by atoms with Gasteiger partial charge in [-0.15, -0.1) is 0 Å². The van der Waals surface area contributed by atoms with Crippen LogP contribution >= 0.6 is 0 Å². The van der Waals surface area contributed by atoms with Crippen LogP contribution < -0.4 is 11.1 Å². The van der Waals surface area contributed by atoms with Crippen molar-refractivity contribution in [2.45, 2.75) is 57.7 Å². The summed E-state index contributed by atoms with van der Waals surface area (Å²) >= 11 is 0. The number of phenols is 1. The van der Waals surface area contributed by atoms with E-state index in [1.54, 1.807) is 23.0 Å². The fraction of sp³-hybridized carbons (Fsp3) is 0.409. The Morgan fingerprint density at radius 2 is 1.90 bits per heavy atom. The highest BCUT2D eigenvalue weighted by Gasteiger charge is 2.38. The summed E-state index contributed by atoms with van der Waals surface area (Å²) in [5.41, 5.74) is 7.12. The molecule has 1 aliphatic rings. The van der Waals surface area contributed by atoms with Gasteiger partial charge in [0.25, 0.3) is 0 Å². The minimum atomic E-state index is -0.0735. The lowest BCUT2D eigenvalue weighted by Gasteiger charge is -2.46. The Bertz CT molecular complexity index is 973. The van der Waals surface area contributed by atoms with Crippen LogP contribution in [-0.2, 0) is 4.74 Å². The lowest BCUT2D eigenvalue weighted by molar-refractivity contribution is 0.0485. The Balaban J connectivity index is 1.64. The number of benzene rings is 1. The Hall–Kier alpha value is -3.13. The first-order valence-corrected chi connectivity index (χ1v) is 9.89. The Labute approximate surface area is 176 Å². The van der Waals surface area contributed by atoms with Gasteiger partial charge < -0.3 is 26.3 Å². The lowest BCUT2D eigenvalue weighted by atomic mass is 9.81. The molecule has 0 aliphatic carbocycles. The van der Waals surface area contributed by atoms with E-state index in [9.17, 15) is 5.11 Å². The molecule has 0 spiro atoms. The van der Waals surface area contributed by atoms with Crippen LogP contribution in [0.3, 0.4) is 0 Å². The molecule has 0 bridgehead atoms. The molecule has 2 aromatic rings. The fourth-order valence-corrected chi connectivity index (χ4v) is 4.15. The van der Waals surface area contributed by atoms with Crippen molar-refractivity contribution in [3.8, 4) is 11.4 Å². The van der Waals surface area contributed by atoms with Crippen molar-refractivity contribution < 1.29 is 9.84 Å². The molecule has 1 fully saturated rings. The number of hydrogen-bond donors (Lipinski definition) is 5. The van der Waals surface area contributed by atoms with Crippen molar-refractivity contribution in [2.24, 2.45) is 0 Å². The van der Waals surface area contributed by atoms with E-state index in [-0.39, 0.29) is 34.5 Å². The van der Waals surface area contributed by atoms with Crippen molar-refractivity contribution in [3.05, 3.63) is 48.3 Å². The van der Waals surface area contributed by atoms with Crippen molar-refractivity contribution in [2.75, 3.05) is 5.73 Å². The van der Waals surface area contributed by atoms with Crippen molar-refractivity contribution in [3.63, 3.8) is 0 Å². The summed E-state index contributed by atoms with van der Waals surface area (Å²) < 4.78 is 7.38. The number of nitrogens with one attached hydrogen (secondary N) is 3. The molecule has 6 N–H and O–H groups in total. The van der Waals surface area contributed by atoms with Crippen LogP contribution in [0.5, 0.6) is 5.75 Å². The van der Waals surface area contributed by atoms with Gasteiger partial charge in [0.15, 0.2) is 0 Å². The molecule has 3 rings (SSSR count). The van der Waals surface area contributed by atoms with E-state index in [4.69, 9.17) is 21.3 Å². The second-order valence-corrected chi connectivity index (χ2v) is 9.07. The molecule has 30 heavy (non-hydrogen) atoms. The Morgan fingerprint density at radius 1 is 1.23 bits per heavy atom. The normalized spacial score (nSPS) is 18.4. The first kappa shape index (κ1) is 21.6. The minimum Gasteiger partial charge on any atom is -0.507 e. The molecule has 1 saturated heterocycles. The number of ether oxygens (including phenoxy) is 1. The van der Waals surface area contributed by atoms with E-state index in [0.29, 0.717) is 16.9 Å². The summed E-state index contributed by atoms with van der Waals surface area (Å²) in [5.74, 6) is -0.0492. The smallest absolute Gasteiger partial charge is 0.206 e. The maximum atomic E-state index is 10.3. The van der Waals surface area contributed by atoms with E-state index in [0.717, 1.165) is 12.8 Å². The van der Waals surface area contributed by atoms with Gasteiger partial charge >= 0.3 is 0 Å². The van der Waals surface area contributed by atoms with E-state index >= 15 is 0 Å². The van der Waals surface area contributed by atoms with Crippen LogP contribution in [0.25, 0.3) is 5.69 Å². The van der Waals surface area contributed by atoms with Gasteiger partial charge in [-0.2, -0.15) is 5.10 Å². The van der Waals surface area contributed by atoms with Crippen molar-refractivity contribution in [1.29, 1.82) is 10.8 Å². The van der Waals surface area contributed by atoms with Crippen LogP contribution in [0, 0.1) is 10.8 Å². The third-order valence-corrected chi connectivity index (χ3v) is 4.99. The van der Waals surface area contributed by atoms with Gasteiger partial charge in [0.05, 0.1) is 29.5 Å². The molecule has 1 aromatic carbocycles. The zero-order valence-electron chi connectivity index (χ0n) is 17.9. The van der Waals surface area contributed by atoms with Crippen molar-refractivity contribution in [1.82, 2.24) is 15.1 Å². The summed E-state index contributed by atoms with van der Waals surface area (Å²) in [6.45, 7) is 8.51. The average molecular weight is 411 g/mol. The quantitative estimate of drug-likeness (QED) is 0.381. The average Bonchev–Trinajstić information content (AvgIpc) is 3.03. The molecular weight excluding hydrogens is 380 g/mol. The largest absolute Gasteiger partial charge is 0.507 e. The number of allylic oxidation sites excluding steroid dienone is 1. The van der Waals surface area contributed by atoms with Crippen LogP contribution in [0.2, 0.25) is 0 Å². The third kappa shape index (κ3) is 5.27. The van der Waals surface area contributed by atoms with Crippen LogP contribution in [0.1, 0.15) is 46.1 Å². The number of rotatable bonds is 5. The summed E-state index contributed by atoms with van der Waals surface area (Å²) in [5, 5.41) is 34.4. The monoisotopic (exact) mass is 410 g/mol. The van der Waals surface area contributed by atoms with Gasteiger partial charge in [-0.3, -0.25) is 5.41 Å². The number of anilines is 1. The number of hydrogen-bond acceptors (Lipinski definition) is 7. The van der Waals surface area contributed by atoms with E-state index < -0.39 is 0 Å². The lowest BCUT2D eigenvalue weighted by Crippen LogP contribution is -2.59. The SMILES string of the molecule is CC1(C)CC(OC(=N)/C=C\C(=N)c2ccc(-n3cc(N)cn3)cc2O)CC(C)(C)N1. The number of aromatic nitrogens is 2. The highest BCUT2D eigenvalue weighted by molar-refractivity contribution is 6.10. The molecule has 1 aromatic heterocycles. The molecule has 8 heteroatoms. The second kappa shape index (κ2) is 7.95. The van der Waals surface area contributed by atoms with E-state index in [1.165, 1.54) is 24.4 Å². The maximum absolute atomic E-state index is 10.3. The van der Waals surface area contributed by atoms with Gasteiger partial charge in [0.1, 0.15) is 11.9 Å². The molecule has 1 aliphatic heterocycles. The number of nitrogens with zero attached hydrogens (tertiary/aromatic N) is 2. The topological polar surface area (TPSA) is 133 Å². The van der Waals surface area contributed by atoms with Crippen LogP contribution in [0.15, 0.2) is 42.7 Å². The fourth-order valence-electron chi connectivity index (χ4n) is 4.15. The third-order valence-electron chi connectivity index (χ3n) is 4.99. The second-order valence-electron chi connectivity index (χ2n) is 9.07. The molecular formula is C22H30N6O2. The van der Waals surface area contributed by atoms with Crippen molar-refractivity contribution >= 4 is 17.3 Å². The minimum absolute atomic E-state index is 0.00127. The van der Waals surface area contributed by atoms with Gasteiger partial charge in [-0.05, 0) is 45.9 Å². The zero-order chi connectivity index (χ0) is 22.1. The summed E-state index contributed by atoms with van der Waals surface area (Å²) in [6, 6.07) is 4.90. The predicted molar refractivity (Wildman–Crippen MR) is 119 cm³/mol. The summed E-state index contributed by atoms with van der Waals surface area (Å²) in [6.07, 6.45) is 7.59. The number of piperidine rings is 1. The highest BCUT2D eigenvalue weighted by atomic mass is 16.5. The number of nitrogens with two attached hydrogens (primary N) is 1. The van der Waals surface area contributed by atoms with Gasteiger partial charge in [-0.25, -0.2) is 4.68 Å². The van der Waals surface area contributed by atoms with Gasteiger partial charge in [-0.1, -0.05) is 0 Å². The Kier molecular flexibility index (Phi) is 5.72. The molecule has 0 unspecified atom stereocenters. The predicted octanol–water partition coefficient (Wildman–Crippen LogP) is 3.39. The first-order chi connectivity index (χ1) is 13.9. The first-order valence-electron chi connectivity index (χ1n) is 9.89. The molecule has 160 valence electrons. The van der Waals surface area contributed by atoms with Gasteiger partial charge in [0, 0.05) is 41.6 Å². The van der Waals surface area contributed by atoms with Crippen LogP contribution in [0.4, 0.5) is 5.69 Å². The van der Waals surface area contributed by atoms with Crippen LogP contribution in [-0.4, -0.2) is 43.7 Å². The van der Waals surface area contributed by atoms with E-state index in [2.05, 4.69) is 38.1 Å². The molecule has 0 radical (unpaired) electrons. The van der Waals surface area contributed by atoms with E-state index in [1.807, 2.05) is 0 Å². The molecule has 0 saturated carbocycles. The number of phenolic OH excluding ortho intramolecular Hbond substituents is 1. The summed E-state index contributed by atoms with van der Waals surface area (Å²) in [4.78, 5) is 0. The Morgan fingerprint density at radius 3 is 2.47 bits per heavy atom. The molecule has 0 atom stereocenters. The molecule has 2 heterocycles. The van der Waals surface area contributed by atoms with Gasteiger partial charge in [0.2, 0.25) is 5.90 Å². The summed E-state index contributed by atoms with van der Waals surface area (Å²) in [7, 11) is 0. The standard InChI is InChI=1S/C22H30N6O2/c1-21(2)10-16(11-22(3,4)27-21)30-20(25)8-7-18(24)17-6-5-15(9-19(17)29)28-13-14(23)12-26-28/h5-9,12-13,16,24-25,27,29H,10-11,23H2,1-4H3/b8-7-,24-18?,25-20?. The molecule has 8 nitrogen and oxygen atoms in total.